The van der Waals surface area contributed by atoms with Crippen LogP contribution < -0.4 is 5.73 Å². The van der Waals surface area contributed by atoms with Crippen molar-refractivity contribution in [2.24, 2.45) is 5.73 Å². The number of alkyl halides is 3. The van der Waals surface area contributed by atoms with Gasteiger partial charge >= 0.3 is 6.18 Å². The molecule has 2 N–H and O–H groups in total. The number of halogens is 3. The van der Waals surface area contributed by atoms with Crippen LogP contribution >= 0.6 is 0 Å². The van der Waals surface area contributed by atoms with Gasteiger partial charge in [-0.15, -0.1) is 0 Å². The Morgan fingerprint density at radius 2 is 1.60 bits per heavy atom. The van der Waals surface area contributed by atoms with Gasteiger partial charge in [0.1, 0.15) is 6.04 Å². The molecular weight excluding hydrogens is 223 g/mol. The molecule has 0 saturated heterocycles. The third kappa shape index (κ3) is 4.52. The maximum atomic E-state index is 12.1. The first kappa shape index (κ1) is 14.9. The molecule has 1 atom stereocenters. The van der Waals surface area contributed by atoms with E-state index in [1.807, 2.05) is 33.9 Å². The second kappa shape index (κ2) is 4.43. The molecule has 0 amide bonds. The van der Waals surface area contributed by atoms with Crippen molar-refractivity contribution < 1.29 is 17.6 Å². The van der Waals surface area contributed by atoms with Crippen molar-refractivity contribution in [2.75, 3.05) is 6.61 Å². The molecule has 1 unspecified atom stereocenters. The molecule has 0 rings (SSSR count). The lowest BCUT2D eigenvalue weighted by molar-refractivity contribution is -0.154. The van der Waals surface area contributed by atoms with Crippen LogP contribution in [0.2, 0.25) is 18.1 Å². The van der Waals surface area contributed by atoms with E-state index in [1.165, 1.54) is 0 Å². The molecule has 0 spiro atoms. The van der Waals surface area contributed by atoms with E-state index in [0.717, 1.165) is 0 Å². The number of hydrogen-bond acceptors (Lipinski definition) is 2. The van der Waals surface area contributed by atoms with Gasteiger partial charge < -0.3 is 10.2 Å². The zero-order valence-electron chi connectivity index (χ0n) is 9.90. The molecule has 0 aliphatic heterocycles. The summed E-state index contributed by atoms with van der Waals surface area (Å²) in [4.78, 5) is 0. The van der Waals surface area contributed by atoms with E-state index in [4.69, 9.17) is 10.2 Å². The van der Waals surface area contributed by atoms with E-state index in [9.17, 15) is 13.2 Å². The summed E-state index contributed by atoms with van der Waals surface area (Å²) in [7, 11) is -2.13. The lowest BCUT2D eigenvalue weighted by atomic mass is 10.2. The van der Waals surface area contributed by atoms with Crippen LogP contribution in [0.3, 0.4) is 0 Å². The van der Waals surface area contributed by atoms with E-state index >= 15 is 0 Å². The van der Waals surface area contributed by atoms with Crippen LogP contribution in [0.25, 0.3) is 0 Å². The van der Waals surface area contributed by atoms with Gasteiger partial charge in [0.05, 0.1) is 6.61 Å². The lowest BCUT2D eigenvalue weighted by Crippen LogP contribution is -2.48. The molecule has 15 heavy (non-hydrogen) atoms. The van der Waals surface area contributed by atoms with Gasteiger partial charge in [-0.3, -0.25) is 0 Å². The lowest BCUT2D eigenvalue weighted by Gasteiger charge is -2.37. The van der Waals surface area contributed by atoms with Crippen LogP contribution in [-0.4, -0.2) is 27.1 Å². The standard InChI is InChI=1S/C9H20F3NOSi/c1-8(2,3)15(4,5)14-6-7(13)9(10,11)12/h7H,6,13H2,1-5H3. The minimum absolute atomic E-state index is 0.0989. The second-order valence-corrected chi connectivity index (χ2v) is 10.0. The Morgan fingerprint density at radius 3 is 1.87 bits per heavy atom. The van der Waals surface area contributed by atoms with Crippen molar-refractivity contribution in [2.45, 2.75) is 51.1 Å². The fourth-order valence-corrected chi connectivity index (χ4v) is 1.64. The van der Waals surface area contributed by atoms with Crippen LogP contribution in [0, 0.1) is 0 Å². The zero-order chi connectivity index (χ0) is 12.5. The zero-order valence-corrected chi connectivity index (χ0v) is 10.9. The Bertz CT molecular complexity index is 210. The molecule has 0 radical (unpaired) electrons. The molecule has 2 nitrogen and oxygen atoms in total. The summed E-state index contributed by atoms with van der Waals surface area (Å²) >= 11 is 0. The van der Waals surface area contributed by atoms with E-state index in [-0.39, 0.29) is 5.04 Å². The average molecular weight is 243 g/mol. The van der Waals surface area contributed by atoms with Gasteiger partial charge in [0.25, 0.3) is 0 Å². The van der Waals surface area contributed by atoms with Gasteiger partial charge in [0.2, 0.25) is 0 Å². The summed E-state index contributed by atoms with van der Waals surface area (Å²) < 4.78 is 41.8. The minimum atomic E-state index is -4.37. The van der Waals surface area contributed by atoms with Crippen molar-refractivity contribution in [1.82, 2.24) is 0 Å². The molecule has 0 bridgehead atoms. The Labute approximate surface area is 90.1 Å². The third-order valence-electron chi connectivity index (χ3n) is 2.85. The highest BCUT2D eigenvalue weighted by Gasteiger charge is 2.41. The van der Waals surface area contributed by atoms with E-state index < -0.39 is 27.1 Å². The summed E-state index contributed by atoms with van der Waals surface area (Å²) in [5.74, 6) is 0. The maximum absolute atomic E-state index is 12.1. The quantitative estimate of drug-likeness (QED) is 0.774. The number of nitrogens with two attached hydrogens (primary N) is 1. The van der Waals surface area contributed by atoms with E-state index in [0.29, 0.717) is 0 Å². The van der Waals surface area contributed by atoms with Gasteiger partial charge in [0.15, 0.2) is 8.32 Å². The summed E-state index contributed by atoms with van der Waals surface area (Å²) in [5.41, 5.74) is 4.97. The summed E-state index contributed by atoms with van der Waals surface area (Å²) in [6, 6.07) is -1.88. The second-order valence-electron chi connectivity index (χ2n) is 5.22. The largest absolute Gasteiger partial charge is 0.415 e. The fraction of sp³-hybridized carbons (Fsp3) is 1.00. The molecule has 0 saturated carbocycles. The molecule has 0 aliphatic rings. The Morgan fingerprint density at radius 1 is 1.20 bits per heavy atom. The highest BCUT2D eigenvalue weighted by atomic mass is 28.4. The molecule has 0 aromatic carbocycles. The first-order valence-electron chi connectivity index (χ1n) is 4.84. The van der Waals surface area contributed by atoms with Crippen LogP contribution in [0.1, 0.15) is 20.8 Å². The fourth-order valence-electron chi connectivity index (χ4n) is 0.609. The van der Waals surface area contributed by atoms with Gasteiger partial charge in [-0.1, -0.05) is 20.8 Å². The summed E-state index contributed by atoms with van der Waals surface area (Å²) in [5, 5.41) is -0.0989. The smallest absolute Gasteiger partial charge is 0.405 e. The van der Waals surface area contributed by atoms with E-state index in [2.05, 4.69) is 0 Å². The van der Waals surface area contributed by atoms with Crippen molar-refractivity contribution in [1.29, 1.82) is 0 Å². The Kier molecular flexibility index (Phi) is 4.41. The van der Waals surface area contributed by atoms with Crippen LogP contribution in [0.5, 0.6) is 0 Å². The van der Waals surface area contributed by atoms with Crippen molar-refractivity contribution in [3.8, 4) is 0 Å². The highest BCUT2D eigenvalue weighted by molar-refractivity contribution is 6.74. The van der Waals surface area contributed by atoms with Gasteiger partial charge in [-0.2, -0.15) is 13.2 Å². The highest BCUT2D eigenvalue weighted by Crippen LogP contribution is 2.36. The number of hydrogen-bond donors (Lipinski definition) is 1. The third-order valence-corrected chi connectivity index (χ3v) is 7.35. The predicted molar refractivity (Wildman–Crippen MR) is 57.2 cm³/mol. The molecule has 0 aromatic heterocycles. The Hall–Kier alpha value is -0.0731. The van der Waals surface area contributed by atoms with Crippen LogP contribution in [0.15, 0.2) is 0 Å². The van der Waals surface area contributed by atoms with Gasteiger partial charge in [-0.25, -0.2) is 0 Å². The van der Waals surface area contributed by atoms with Gasteiger partial charge in [-0.05, 0) is 18.1 Å². The van der Waals surface area contributed by atoms with Crippen LogP contribution in [0.4, 0.5) is 13.2 Å². The molecule has 0 fully saturated rings. The van der Waals surface area contributed by atoms with Crippen LogP contribution in [-0.2, 0) is 4.43 Å². The topological polar surface area (TPSA) is 35.2 Å². The first-order chi connectivity index (χ1) is 6.38. The van der Waals surface area contributed by atoms with Crippen molar-refractivity contribution in [3.63, 3.8) is 0 Å². The minimum Gasteiger partial charge on any atom is -0.415 e. The SMILES string of the molecule is CC(C)(C)[Si](C)(C)OCC(N)C(F)(F)F. The molecule has 0 aliphatic carbocycles. The van der Waals surface area contributed by atoms with Crippen molar-refractivity contribution in [3.05, 3.63) is 0 Å². The first-order valence-corrected chi connectivity index (χ1v) is 7.75. The van der Waals surface area contributed by atoms with Gasteiger partial charge in [0, 0.05) is 0 Å². The predicted octanol–water partition coefficient (Wildman–Crippen LogP) is 2.90. The van der Waals surface area contributed by atoms with E-state index in [1.54, 1.807) is 0 Å². The van der Waals surface area contributed by atoms with Crippen molar-refractivity contribution >= 4 is 8.32 Å². The Balaban J connectivity index is 4.29. The molecular formula is C9H20F3NOSi. The maximum Gasteiger partial charge on any atom is 0.405 e. The number of rotatable bonds is 3. The summed E-state index contributed by atoms with van der Waals surface area (Å²) in [6.45, 7) is 9.27. The molecule has 0 aromatic rings. The molecule has 0 heterocycles. The monoisotopic (exact) mass is 243 g/mol. The molecule has 92 valence electrons. The average Bonchev–Trinajstić information content (AvgIpc) is 1.96. The normalized spacial score (nSPS) is 16.6. The summed E-state index contributed by atoms with van der Waals surface area (Å²) in [6.07, 6.45) is -4.37. The molecule has 6 heteroatoms.